The Hall–Kier alpha value is -3.30. The minimum absolute atomic E-state index is 0.128. The molecule has 1 aromatic carbocycles. The van der Waals surface area contributed by atoms with Gasteiger partial charge in [0, 0.05) is 31.3 Å². The minimum atomic E-state index is -0.128. The number of hydrogen-bond acceptors (Lipinski definition) is 8. The van der Waals surface area contributed by atoms with Crippen LogP contribution in [0.15, 0.2) is 36.4 Å². The summed E-state index contributed by atoms with van der Waals surface area (Å²) in [4.78, 5) is 31.5. The number of amides is 1. The first-order valence-electron chi connectivity index (χ1n) is 11.7. The molecule has 2 saturated heterocycles. The standard InChI is InChI=1S/C25H30N6O3/c1-16-14-33-11-9-30(16)23-20-7-8-21(18-5-4-6-19(13-18)24(32)26-3)27-22(20)28-25(29-23)31-10-12-34-15-17(31)2/h4-8,13,16-17H,9-12,14-15H2,1-3H3,(H,26,32)/t16-,17+/m0/s1. The summed E-state index contributed by atoms with van der Waals surface area (Å²) in [7, 11) is 1.63. The van der Waals surface area contributed by atoms with Gasteiger partial charge < -0.3 is 24.6 Å². The van der Waals surface area contributed by atoms with Gasteiger partial charge in [-0.15, -0.1) is 0 Å². The van der Waals surface area contributed by atoms with Crippen molar-refractivity contribution in [2.45, 2.75) is 25.9 Å². The van der Waals surface area contributed by atoms with Crippen molar-refractivity contribution in [2.75, 3.05) is 56.4 Å². The first-order chi connectivity index (χ1) is 16.5. The number of morpholine rings is 2. The summed E-state index contributed by atoms with van der Waals surface area (Å²) >= 11 is 0. The molecule has 0 spiro atoms. The maximum Gasteiger partial charge on any atom is 0.251 e. The van der Waals surface area contributed by atoms with Crippen LogP contribution >= 0.6 is 0 Å². The molecule has 9 heteroatoms. The molecule has 2 aliphatic heterocycles. The van der Waals surface area contributed by atoms with Crippen LogP contribution in [0, 0.1) is 0 Å². The number of aromatic nitrogens is 3. The summed E-state index contributed by atoms with van der Waals surface area (Å²) in [5, 5.41) is 3.58. The second-order valence-electron chi connectivity index (χ2n) is 8.81. The highest BCUT2D eigenvalue weighted by Gasteiger charge is 2.27. The van der Waals surface area contributed by atoms with Crippen LogP contribution in [0.4, 0.5) is 11.8 Å². The normalized spacial score (nSPS) is 21.0. The highest BCUT2D eigenvalue weighted by Crippen LogP contribution is 2.31. The second-order valence-corrected chi connectivity index (χ2v) is 8.81. The molecule has 34 heavy (non-hydrogen) atoms. The van der Waals surface area contributed by atoms with Gasteiger partial charge >= 0.3 is 0 Å². The number of hydrogen-bond donors (Lipinski definition) is 1. The van der Waals surface area contributed by atoms with Gasteiger partial charge in [0.15, 0.2) is 5.65 Å². The molecule has 2 atom stereocenters. The largest absolute Gasteiger partial charge is 0.377 e. The van der Waals surface area contributed by atoms with Crippen molar-refractivity contribution in [1.29, 1.82) is 0 Å². The van der Waals surface area contributed by atoms with Gasteiger partial charge in [0.25, 0.3) is 5.91 Å². The summed E-state index contributed by atoms with van der Waals surface area (Å²) in [5.74, 6) is 1.42. The van der Waals surface area contributed by atoms with E-state index in [2.05, 4.69) is 29.0 Å². The third-order valence-corrected chi connectivity index (χ3v) is 6.44. The van der Waals surface area contributed by atoms with Crippen LogP contribution in [0.5, 0.6) is 0 Å². The number of pyridine rings is 1. The number of rotatable bonds is 4. The molecule has 0 aliphatic carbocycles. The smallest absolute Gasteiger partial charge is 0.251 e. The van der Waals surface area contributed by atoms with E-state index in [0.717, 1.165) is 35.6 Å². The monoisotopic (exact) mass is 462 g/mol. The maximum absolute atomic E-state index is 12.1. The van der Waals surface area contributed by atoms with E-state index in [0.29, 0.717) is 43.6 Å². The van der Waals surface area contributed by atoms with Crippen LogP contribution in [-0.2, 0) is 9.47 Å². The van der Waals surface area contributed by atoms with Crippen molar-refractivity contribution in [3.8, 4) is 11.3 Å². The fourth-order valence-electron chi connectivity index (χ4n) is 4.52. The van der Waals surface area contributed by atoms with Crippen LogP contribution in [0.1, 0.15) is 24.2 Å². The Kier molecular flexibility index (Phi) is 6.30. The molecule has 5 rings (SSSR count). The molecule has 0 saturated carbocycles. The predicted molar refractivity (Wildman–Crippen MR) is 131 cm³/mol. The van der Waals surface area contributed by atoms with Crippen molar-refractivity contribution in [2.24, 2.45) is 0 Å². The zero-order valence-electron chi connectivity index (χ0n) is 19.8. The van der Waals surface area contributed by atoms with Crippen LogP contribution in [0.3, 0.4) is 0 Å². The number of ether oxygens (including phenoxy) is 2. The van der Waals surface area contributed by atoms with Gasteiger partial charge in [-0.1, -0.05) is 12.1 Å². The highest BCUT2D eigenvalue weighted by molar-refractivity contribution is 5.95. The number of nitrogens with zero attached hydrogens (tertiary/aromatic N) is 5. The predicted octanol–water partition coefficient (Wildman–Crippen LogP) is 2.50. The van der Waals surface area contributed by atoms with Gasteiger partial charge in [-0.3, -0.25) is 4.79 Å². The number of anilines is 2. The molecule has 1 N–H and O–H groups in total. The molecule has 1 amide bonds. The van der Waals surface area contributed by atoms with E-state index in [4.69, 9.17) is 24.4 Å². The molecule has 3 aromatic rings. The quantitative estimate of drug-likeness (QED) is 0.632. The van der Waals surface area contributed by atoms with Crippen molar-refractivity contribution in [1.82, 2.24) is 20.3 Å². The molecule has 4 heterocycles. The van der Waals surface area contributed by atoms with Crippen molar-refractivity contribution >= 4 is 28.7 Å². The number of carbonyl (C=O) groups is 1. The molecule has 0 unspecified atom stereocenters. The van der Waals surface area contributed by atoms with E-state index in [9.17, 15) is 4.79 Å². The average Bonchev–Trinajstić information content (AvgIpc) is 2.88. The fraction of sp³-hybridized carbons (Fsp3) is 0.440. The molecule has 2 aromatic heterocycles. The molecular weight excluding hydrogens is 432 g/mol. The summed E-state index contributed by atoms with van der Waals surface area (Å²) in [6.07, 6.45) is 0. The third-order valence-electron chi connectivity index (χ3n) is 6.44. The van der Waals surface area contributed by atoms with E-state index >= 15 is 0 Å². The fourth-order valence-corrected chi connectivity index (χ4v) is 4.52. The zero-order valence-corrected chi connectivity index (χ0v) is 19.8. The Morgan fingerprint density at radius 2 is 1.71 bits per heavy atom. The van der Waals surface area contributed by atoms with Gasteiger partial charge in [-0.05, 0) is 38.1 Å². The van der Waals surface area contributed by atoms with E-state index in [1.54, 1.807) is 13.1 Å². The SMILES string of the molecule is CNC(=O)c1cccc(-c2ccc3c(N4CCOC[C@@H]4C)nc(N4CCOC[C@H]4C)nc3n2)c1. The molecule has 2 fully saturated rings. The lowest BCUT2D eigenvalue weighted by atomic mass is 10.1. The van der Waals surface area contributed by atoms with Gasteiger partial charge in [-0.25, -0.2) is 4.98 Å². The van der Waals surface area contributed by atoms with E-state index < -0.39 is 0 Å². The lowest BCUT2D eigenvalue weighted by Gasteiger charge is -2.37. The maximum atomic E-state index is 12.1. The minimum Gasteiger partial charge on any atom is -0.377 e. The molecule has 9 nitrogen and oxygen atoms in total. The van der Waals surface area contributed by atoms with Crippen LogP contribution in [0.25, 0.3) is 22.3 Å². The van der Waals surface area contributed by atoms with E-state index in [-0.39, 0.29) is 18.0 Å². The van der Waals surface area contributed by atoms with Gasteiger partial charge in [-0.2, -0.15) is 9.97 Å². The number of fused-ring (bicyclic) bond motifs is 1. The molecular formula is C25H30N6O3. The Morgan fingerprint density at radius 1 is 0.971 bits per heavy atom. The zero-order chi connectivity index (χ0) is 23.7. The average molecular weight is 463 g/mol. The van der Waals surface area contributed by atoms with Gasteiger partial charge in [0.05, 0.1) is 49.6 Å². The van der Waals surface area contributed by atoms with Crippen LogP contribution in [-0.4, -0.2) is 79.5 Å². The molecule has 2 aliphatic rings. The van der Waals surface area contributed by atoms with E-state index in [1.807, 2.05) is 30.3 Å². The Morgan fingerprint density at radius 3 is 2.41 bits per heavy atom. The van der Waals surface area contributed by atoms with Gasteiger partial charge in [0.1, 0.15) is 5.82 Å². The number of nitrogens with one attached hydrogen (secondary N) is 1. The molecule has 0 bridgehead atoms. The Balaban J connectivity index is 1.63. The Labute approximate surface area is 199 Å². The van der Waals surface area contributed by atoms with Crippen molar-refractivity contribution < 1.29 is 14.3 Å². The molecule has 178 valence electrons. The van der Waals surface area contributed by atoms with Gasteiger partial charge in [0.2, 0.25) is 5.95 Å². The Bertz CT molecular complexity index is 1200. The summed E-state index contributed by atoms with van der Waals surface area (Å²) in [6, 6.07) is 11.9. The molecule has 0 radical (unpaired) electrons. The van der Waals surface area contributed by atoms with E-state index in [1.165, 1.54) is 0 Å². The first-order valence-corrected chi connectivity index (χ1v) is 11.7. The summed E-state index contributed by atoms with van der Waals surface area (Å²) in [6.45, 7) is 8.39. The summed E-state index contributed by atoms with van der Waals surface area (Å²) < 4.78 is 11.3. The second kappa shape index (κ2) is 9.52. The van der Waals surface area contributed by atoms with Crippen LogP contribution in [0.2, 0.25) is 0 Å². The summed E-state index contributed by atoms with van der Waals surface area (Å²) in [5.41, 5.74) is 2.86. The van der Waals surface area contributed by atoms with Crippen molar-refractivity contribution in [3.63, 3.8) is 0 Å². The topological polar surface area (TPSA) is 92.7 Å². The van der Waals surface area contributed by atoms with Crippen molar-refractivity contribution in [3.05, 3.63) is 42.0 Å². The van der Waals surface area contributed by atoms with Crippen LogP contribution < -0.4 is 15.1 Å². The lowest BCUT2D eigenvalue weighted by Crippen LogP contribution is -2.46. The highest BCUT2D eigenvalue weighted by atomic mass is 16.5. The third kappa shape index (κ3) is 4.28. The lowest BCUT2D eigenvalue weighted by molar-refractivity contribution is 0.0962. The number of benzene rings is 1. The first kappa shape index (κ1) is 22.5. The number of carbonyl (C=O) groups excluding carboxylic acids is 1.